The second kappa shape index (κ2) is 7.95. The van der Waals surface area contributed by atoms with Crippen LogP contribution in [0, 0.1) is 0 Å². The molecule has 3 rings (SSSR count). The van der Waals surface area contributed by atoms with Crippen molar-refractivity contribution in [2.45, 2.75) is 6.42 Å². The standard InChI is InChI=1S/C17H19ClN4O2S/c18-13-3-1-2-12(10-13)16(23)21-6-8-22(9-7-21)17(24)14-11-25-15(20-14)4-5-19/h1-3,10-11H,4-9,19H2. The first-order valence-corrected chi connectivity index (χ1v) is 9.33. The fourth-order valence-corrected chi connectivity index (χ4v) is 3.70. The number of nitrogens with two attached hydrogens (primary N) is 1. The largest absolute Gasteiger partial charge is 0.335 e. The number of carbonyl (C=O) groups excluding carboxylic acids is 2. The number of carbonyl (C=O) groups is 2. The number of thiazole rings is 1. The van der Waals surface area contributed by atoms with E-state index >= 15 is 0 Å². The van der Waals surface area contributed by atoms with E-state index < -0.39 is 0 Å². The maximum Gasteiger partial charge on any atom is 0.273 e. The van der Waals surface area contributed by atoms with Crippen LogP contribution in [0.4, 0.5) is 0 Å². The third kappa shape index (κ3) is 4.18. The zero-order chi connectivity index (χ0) is 17.8. The van der Waals surface area contributed by atoms with Crippen molar-refractivity contribution in [1.29, 1.82) is 0 Å². The fraction of sp³-hybridized carbons (Fsp3) is 0.353. The number of rotatable bonds is 4. The van der Waals surface area contributed by atoms with Gasteiger partial charge in [-0.1, -0.05) is 17.7 Å². The number of benzene rings is 1. The molecule has 0 bridgehead atoms. The number of halogens is 1. The summed E-state index contributed by atoms with van der Waals surface area (Å²) in [7, 11) is 0. The monoisotopic (exact) mass is 378 g/mol. The molecule has 1 saturated heterocycles. The lowest BCUT2D eigenvalue weighted by molar-refractivity contribution is 0.0532. The van der Waals surface area contributed by atoms with Gasteiger partial charge in [0.1, 0.15) is 5.69 Å². The van der Waals surface area contributed by atoms with Gasteiger partial charge in [-0.2, -0.15) is 0 Å². The summed E-state index contributed by atoms with van der Waals surface area (Å²) in [5, 5.41) is 3.19. The summed E-state index contributed by atoms with van der Waals surface area (Å²) in [4.78, 5) is 32.9. The van der Waals surface area contributed by atoms with E-state index in [0.717, 1.165) is 5.01 Å². The molecule has 0 atom stereocenters. The number of amides is 2. The Bertz CT molecular complexity index is 772. The molecule has 0 unspecified atom stereocenters. The van der Waals surface area contributed by atoms with E-state index in [1.807, 2.05) is 0 Å². The summed E-state index contributed by atoms with van der Waals surface area (Å²) in [5.74, 6) is -0.150. The Labute approximate surface area is 155 Å². The van der Waals surface area contributed by atoms with Crippen molar-refractivity contribution >= 4 is 34.8 Å². The van der Waals surface area contributed by atoms with Gasteiger partial charge in [0.15, 0.2) is 0 Å². The number of nitrogens with zero attached hydrogens (tertiary/aromatic N) is 3. The van der Waals surface area contributed by atoms with Crippen molar-refractivity contribution in [3.05, 3.63) is 50.9 Å². The molecule has 0 radical (unpaired) electrons. The zero-order valence-electron chi connectivity index (χ0n) is 13.7. The second-order valence-electron chi connectivity index (χ2n) is 5.76. The van der Waals surface area contributed by atoms with Gasteiger partial charge in [0.05, 0.1) is 5.01 Å². The van der Waals surface area contributed by atoms with E-state index in [-0.39, 0.29) is 11.8 Å². The summed E-state index contributed by atoms with van der Waals surface area (Å²) in [5.41, 5.74) is 6.54. The normalized spacial score (nSPS) is 14.6. The molecule has 25 heavy (non-hydrogen) atoms. The van der Waals surface area contributed by atoms with Crippen molar-refractivity contribution in [3.63, 3.8) is 0 Å². The molecule has 1 aliphatic rings. The summed E-state index contributed by atoms with van der Waals surface area (Å²) in [6, 6.07) is 6.91. The van der Waals surface area contributed by atoms with E-state index in [0.29, 0.717) is 55.4 Å². The number of piperazine rings is 1. The number of hydrogen-bond acceptors (Lipinski definition) is 5. The highest BCUT2D eigenvalue weighted by Crippen LogP contribution is 2.16. The SMILES string of the molecule is NCCc1nc(C(=O)N2CCN(C(=O)c3cccc(Cl)c3)CC2)cs1. The summed E-state index contributed by atoms with van der Waals surface area (Å²) < 4.78 is 0. The lowest BCUT2D eigenvalue weighted by atomic mass is 10.2. The molecule has 2 heterocycles. The van der Waals surface area contributed by atoms with Gasteiger partial charge in [0.2, 0.25) is 0 Å². The zero-order valence-corrected chi connectivity index (χ0v) is 15.2. The maximum atomic E-state index is 12.5. The molecule has 1 aliphatic heterocycles. The Morgan fingerprint density at radius 2 is 1.84 bits per heavy atom. The van der Waals surface area contributed by atoms with E-state index in [9.17, 15) is 9.59 Å². The molecule has 2 aromatic rings. The minimum absolute atomic E-state index is 0.0616. The van der Waals surface area contributed by atoms with Crippen molar-refractivity contribution in [2.24, 2.45) is 5.73 Å². The molecule has 8 heteroatoms. The van der Waals surface area contributed by atoms with E-state index in [4.69, 9.17) is 17.3 Å². The molecule has 1 aromatic heterocycles. The van der Waals surface area contributed by atoms with Crippen molar-refractivity contribution in [3.8, 4) is 0 Å². The molecule has 1 fully saturated rings. The van der Waals surface area contributed by atoms with Crippen molar-refractivity contribution in [2.75, 3.05) is 32.7 Å². The van der Waals surface area contributed by atoms with Crippen LogP contribution in [0.15, 0.2) is 29.6 Å². The van der Waals surface area contributed by atoms with Crippen LogP contribution in [-0.4, -0.2) is 59.3 Å². The first-order chi connectivity index (χ1) is 12.1. The lowest BCUT2D eigenvalue weighted by Crippen LogP contribution is -2.50. The van der Waals surface area contributed by atoms with Gasteiger partial charge >= 0.3 is 0 Å². The number of hydrogen-bond donors (Lipinski definition) is 1. The Morgan fingerprint density at radius 1 is 1.16 bits per heavy atom. The second-order valence-corrected chi connectivity index (χ2v) is 7.14. The highest BCUT2D eigenvalue weighted by Gasteiger charge is 2.26. The Balaban J connectivity index is 1.59. The van der Waals surface area contributed by atoms with Crippen LogP contribution in [0.3, 0.4) is 0 Å². The minimum atomic E-state index is -0.0885. The van der Waals surface area contributed by atoms with Crippen LogP contribution >= 0.6 is 22.9 Å². The van der Waals surface area contributed by atoms with Gasteiger partial charge in [-0.25, -0.2) is 4.98 Å². The van der Waals surface area contributed by atoms with Crippen LogP contribution in [0.5, 0.6) is 0 Å². The first-order valence-electron chi connectivity index (χ1n) is 8.07. The van der Waals surface area contributed by atoms with E-state index in [2.05, 4.69) is 4.98 Å². The third-order valence-corrected chi connectivity index (χ3v) is 5.20. The van der Waals surface area contributed by atoms with Crippen LogP contribution < -0.4 is 5.73 Å². The number of aromatic nitrogens is 1. The summed E-state index contributed by atoms with van der Waals surface area (Å²) >= 11 is 7.40. The molecular weight excluding hydrogens is 360 g/mol. The molecule has 132 valence electrons. The highest BCUT2D eigenvalue weighted by atomic mass is 35.5. The summed E-state index contributed by atoms with van der Waals surface area (Å²) in [6.07, 6.45) is 0.680. The molecule has 0 saturated carbocycles. The van der Waals surface area contributed by atoms with E-state index in [1.165, 1.54) is 11.3 Å². The molecule has 0 aliphatic carbocycles. The van der Waals surface area contributed by atoms with E-state index in [1.54, 1.807) is 39.4 Å². The van der Waals surface area contributed by atoms with Crippen LogP contribution in [0.25, 0.3) is 0 Å². The molecule has 6 nitrogen and oxygen atoms in total. The molecule has 2 amide bonds. The minimum Gasteiger partial charge on any atom is -0.335 e. The predicted octanol–water partition coefficient (Wildman–Crippen LogP) is 1.90. The van der Waals surface area contributed by atoms with Gasteiger partial charge < -0.3 is 15.5 Å². The average Bonchev–Trinajstić information content (AvgIpc) is 3.09. The van der Waals surface area contributed by atoms with Gasteiger partial charge in [-0.05, 0) is 24.7 Å². The maximum absolute atomic E-state index is 12.5. The lowest BCUT2D eigenvalue weighted by Gasteiger charge is -2.34. The smallest absolute Gasteiger partial charge is 0.273 e. The van der Waals surface area contributed by atoms with Gasteiger partial charge in [0, 0.05) is 48.6 Å². The molecular formula is C17H19ClN4O2S. The Kier molecular flexibility index (Phi) is 5.67. The molecule has 2 N–H and O–H groups in total. The Hall–Kier alpha value is -1.96. The molecule has 1 aromatic carbocycles. The quantitative estimate of drug-likeness (QED) is 0.881. The topological polar surface area (TPSA) is 79.5 Å². The fourth-order valence-electron chi connectivity index (χ4n) is 2.73. The molecule has 0 spiro atoms. The Morgan fingerprint density at radius 3 is 2.48 bits per heavy atom. The van der Waals surface area contributed by atoms with Gasteiger partial charge in [0.25, 0.3) is 11.8 Å². The summed E-state index contributed by atoms with van der Waals surface area (Å²) in [6.45, 7) is 2.50. The van der Waals surface area contributed by atoms with Gasteiger partial charge in [-0.15, -0.1) is 11.3 Å². The third-order valence-electron chi connectivity index (χ3n) is 4.05. The highest BCUT2D eigenvalue weighted by molar-refractivity contribution is 7.09. The predicted molar refractivity (Wildman–Crippen MR) is 98.1 cm³/mol. The van der Waals surface area contributed by atoms with Crippen molar-refractivity contribution in [1.82, 2.24) is 14.8 Å². The van der Waals surface area contributed by atoms with Crippen molar-refractivity contribution < 1.29 is 9.59 Å². The first kappa shape index (κ1) is 17.8. The average molecular weight is 379 g/mol. The van der Waals surface area contributed by atoms with Crippen LogP contribution in [0.1, 0.15) is 25.9 Å². The van der Waals surface area contributed by atoms with Crippen LogP contribution in [0.2, 0.25) is 5.02 Å². The van der Waals surface area contributed by atoms with Gasteiger partial charge in [-0.3, -0.25) is 9.59 Å². The van der Waals surface area contributed by atoms with Crippen LogP contribution in [-0.2, 0) is 6.42 Å².